The molecule has 0 amide bonds. The number of alkyl halides is 1. The highest BCUT2D eigenvalue weighted by Gasteiger charge is 2.05. The standard InChI is InChI=1S/C14H29I/c1-12(2)7-5-8-13(3)9-6-10-14(4)11-15/h12-14H,5-11H2,1-4H3. The first kappa shape index (κ1) is 15.7. The molecule has 0 aliphatic rings. The summed E-state index contributed by atoms with van der Waals surface area (Å²) in [6.07, 6.45) is 8.59. The van der Waals surface area contributed by atoms with Gasteiger partial charge < -0.3 is 0 Å². The molecular formula is C14H29I. The third-order valence-electron chi connectivity index (χ3n) is 3.14. The van der Waals surface area contributed by atoms with Crippen molar-refractivity contribution < 1.29 is 0 Å². The van der Waals surface area contributed by atoms with Crippen LogP contribution in [0.5, 0.6) is 0 Å². The van der Waals surface area contributed by atoms with Crippen molar-refractivity contribution in [3.05, 3.63) is 0 Å². The van der Waals surface area contributed by atoms with Gasteiger partial charge in [0.25, 0.3) is 0 Å². The molecule has 0 aromatic heterocycles. The molecule has 1 heteroatoms. The average Bonchev–Trinajstić information content (AvgIpc) is 2.17. The minimum atomic E-state index is 0.885. The SMILES string of the molecule is CC(C)CCCC(C)CCCC(C)CI. The van der Waals surface area contributed by atoms with Crippen molar-refractivity contribution in [2.75, 3.05) is 4.43 Å². The second-order valence-electron chi connectivity index (χ2n) is 5.62. The maximum Gasteiger partial charge on any atom is 0.00210 e. The number of rotatable bonds is 9. The molecule has 0 fully saturated rings. The summed E-state index contributed by atoms with van der Waals surface area (Å²) in [6, 6.07) is 0. The maximum absolute atomic E-state index is 2.50. The fraction of sp³-hybridized carbons (Fsp3) is 1.00. The number of hydrogen-bond donors (Lipinski definition) is 0. The molecule has 0 heterocycles. The molecule has 0 spiro atoms. The van der Waals surface area contributed by atoms with E-state index in [-0.39, 0.29) is 0 Å². The van der Waals surface area contributed by atoms with E-state index in [9.17, 15) is 0 Å². The van der Waals surface area contributed by atoms with Crippen LogP contribution in [0.15, 0.2) is 0 Å². The minimum Gasteiger partial charge on any atom is -0.0861 e. The van der Waals surface area contributed by atoms with Crippen LogP contribution < -0.4 is 0 Å². The smallest absolute Gasteiger partial charge is 0.00210 e. The fourth-order valence-electron chi connectivity index (χ4n) is 1.91. The van der Waals surface area contributed by atoms with Crippen LogP contribution in [-0.4, -0.2) is 4.43 Å². The monoisotopic (exact) mass is 324 g/mol. The molecule has 2 unspecified atom stereocenters. The quantitative estimate of drug-likeness (QED) is 0.377. The molecule has 0 aromatic rings. The third kappa shape index (κ3) is 11.0. The van der Waals surface area contributed by atoms with Crippen LogP contribution in [0, 0.1) is 17.8 Å². The highest BCUT2D eigenvalue weighted by Crippen LogP contribution is 2.19. The topological polar surface area (TPSA) is 0 Å². The van der Waals surface area contributed by atoms with Crippen LogP contribution in [0.25, 0.3) is 0 Å². The molecule has 0 nitrogen and oxygen atoms in total. The molecule has 0 aliphatic carbocycles. The number of halogens is 1. The van der Waals surface area contributed by atoms with Crippen LogP contribution in [0.4, 0.5) is 0 Å². The van der Waals surface area contributed by atoms with E-state index in [1.54, 1.807) is 0 Å². The van der Waals surface area contributed by atoms with Gasteiger partial charge in [-0.25, -0.2) is 0 Å². The van der Waals surface area contributed by atoms with Crippen molar-refractivity contribution >= 4 is 22.6 Å². The van der Waals surface area contributed by atoms with E-state index in [0.29, 0.717) is 0 Å². The van der Waals surface area contributed by atoms with Crippen molar-refractivity contribution in [2.45, 2.75) is 66.2 Å². The summed E-state index contributed by atoms with van der Waals surface area (Å²) in [5.74, 6) is 2.76. The molecule has 2 atom stereocenters. The van der Waals surface area contributed by atoms with E-state index in [1.807, 2.05) is 0 Å². The molecule has 92 valence electrons. The van der Waals surface area contributed by atoms with E-state index in [1.165, 1.54) is 43.0 Å². The van der Waals surface area contributed by atoms with Crippen LogP contribution >= 0.6 is 22.6 Å². The fourth-order valence-corrected chi connectivity index (χ4v) is 2.35. The first-order valence-electron chi connectivity index (χ1n) is 6.62. The Labute approximate surface area is 111 Å². The Kier molecular flexibility index (Phi) is 10.4. The predicted octanol–water partition coefficient (Wildman–Crippen LogP) is 5.69. The van der Waals surface area contributed by atoms with E-state index >= 15 is 0 Å². The molecule has 0 aromatic carbocycles. The van der Waals surface area contributed by atoms with Gasteiger partial charge in [0.15, 0.2) is 0 Å². The largest absolute Gasteiger partial charge is 0.0861 e. The molecular weight excluding hydrogens is 295 g/mol. The van der Waals surface area contributed by atoms with Gasteiger partial charge in [-0.05, 0) is 24.2 Å². The zero-order valence-corrected chi connectivity index (χ0v) is 13.2. The summed E-state index contributed by atoms with van der Waals surface area (Å²) in [4.78, 5) is 0. The molecule has 0 radical (unpaired) electrons. The van der Waals surface area contributed by atoms with Gasteiger partial charge in [-0.3, -0.25) is 0 Å². The Morgan fingerprint density at radius 1 is 0.733 bits per heavy atom. The Bertz CT molecular complexity index is 131. The van der Waals surface area contributed by atoms with E-state index < -0.39 is 0 Å². The van der Waals surface area contributed by atoms with Crippen LogP contribution in [0.1, 0.15) is 66.2 Å². The van der Waals surface area contributed by atoms with Crippen molar-refractivity contribution in [3.8, 4) is 0 Å². The van der Waals surface area contributed by atoms with Gasteiger partial charge in [-0.15, -0.1) is 0 Å². The normalized spacial score (nSPS) is 15.6. The van der Waals surface area contributed by atoms with Gasteiger partial charge in [0.05, 0.1) is 0 Å². The van der Waals surface area contributed by atoms with Gasteiger partial charge in [-0.2, -0.15) is 0 Å². The van der Waals surface area contributed by atoms with Crippen molar-refractivity contribution in [3.63, 3.8) is 0 Å². The lowest BCUT2D eigenvalue weighted by atomic mass is 9.94. The highest BCUT2D eigenvalue weighted by molar-refractivity contribution is 14.1. The van der Waals surface area contributed by atoms with Crippen LogP contribution in [0.2, 0.25) is 0 Å². The summed E-state index contributed by atoms with van der Waals surface area (Å²) in [5, 5.41) is 0. The second-order valence-corrected chi connectivity index (χ2v) is 6.50. The van der Waals surface area contributed by atoms with Gasteiger partial charge in [0, 0.05) is 4.43 Å². The van der Waals surface area contributed by atoms with Gasteiger partial charge >= 0.3 is 0 Å². The lowest BCUT2D eigenvalue weighted by Crippen LogP contribution is -2.00. The Balaban J connectivity index is 3.29. The lowest BCUT2D eigenvalue weighted by molar-refractivity contribution is 0.409. The Hall–Kier alpha value is 0.730. The van der Waals surface area contributed by atoms with Crippen molar-refractivity contribution in [1.29, 1.82) is 0 Å². The van der Waals surface area contributed by atoms with E-state index in [2.05, 4.69) is 50.3 Å². The van der Waals surface area contributed by atoms with E-state index in [4.69, 9.17) is 0 Å². The van der Waals surface area contributed by atoms with Gasteiger partial charge in [-0.1, -0.05) is 82.4 Å². The average molecular weight is 324 g/mol. The van der Waals surface area contributed by atoms with Gasteiger partial charge in [0.1, 0.15) is 0 Å². The predicted molar refractivity (Wildman–Crippen MR) is 79.8 cm³/mol. The summed E-state index contributed by atoms with van der Waals surface area (Å²) in [6.45, 7) is 9.45. The number of hydrogen-bond acceptors (Lipinski definition) is 0. The molecule has 0 saturated heterocycles. The Morgan fingerprint density at radius 2 is 1.20 bits per heavy atom. The Morgan fingerprint density at radius 3 is 1.67 bits per heavy atom. The van der Waals surface area contributed by atoms with Gasteiger partial charge in [0.2, 0.25) is 0 Å². The zero-order valence-electron chi connectivity index (χ0n) is 11.1. The summed E-state index contributed by atoms with van der Waals surface area (Å²) >= 11 is 2.50. The summed E-state index contributed by atoms with van der Waals surface area (Å²) in [5.41, 5.74) is 0. The molecule has 0 rings (SSSR count). The van der Waals surface area contributed by atoms with Crippen LogP contribution in [0.3, 0.4) is 0 Å². The lowest BCUT2D eigenvalue weighted by Gasteiger charge is -2.13. The van der Waals surface area contributed by atoms with Crippen molar-refractivity contribution in [2.24, 2.45) is 17.8 Å². The first-order chi connectivity index (χ1) is 7.06. The van der Waals surface area contributed by atoms with E-state index in [0.717, 1.165) is 17.8 Å². The van der Waals surface area contributed by atoms with Crippen LogP contribution in [-0.2, 0) is 0 Å². The minimum absolute atomic E-state index is 0.885. The van der Waals surface area contributed by atoms with Crippen molar-refractivity contribution in [1.82, 2.24) is 0 Å². The second kappa shape index (κ2) is 9.92. The zero-order chi connectivity index (χ0) is 11.7. The molecule has 15 heavy (non-hydrogen) atoms. The molecule has 0 bridgehead atoms. The first-order valence-corrected chi connectivity index (χ1v) is 8.14. The maximum atomic E-state index is 2.50. The highest BCUT2D eigenvalue weighted by atomic mass is 127. The molecule has 0 saturated carbocycles. The summed E-state index contributed by atoms with van der Waals surface area (Å²) < 4.78 is 1.32. The summed E-state index contributed by atoms with van der Waals surface area (Å²) in [7, 11) is 0. The molecule has 0 aliphatic heterocycles. The third-order valence-corrected chi connectivity index (χ3v) is 4.64. The molecule has 0 N–H and O–H groups in total.